The Morgan fingerprint density at radius 1 is 0.976 bits per heavy atom. The third-order valence-corrected chi connectivity index (χ3v) is 7.66. The van der Waals surface area contributed by atoms with Crippen LogP contribution in [0.4, 0.5) is 10.5 Å². The first kappa shape index (κ1) is 31.1. The lowest BCUT2D eigenvalue weighted by molar-refractivity contribution is -0.145. The zero-order valence-electron chi connectivity index (χ0n) is 24.9. The van der Waals surface area contributed by atoms with Crippen LogP contribution in [-0.4, -0.2) is 40.5 Å². The summed E-state index contributed by atoms with van der Waals surface area (Å²) in [6.45, 7) is 9.15. The van der Waals surface area contributed by atoms with Gasteiger partial charge in [0.25, 0.3) is 5.91 Å². The zero-order valence-corrected chi connectivity index (χ0v) is 25.7. The number of hydrogen-bond donors (Lipinski definition) is 2. The fourth-order valence-electron chi connectivity index (χ4n) is 5.12. The molecule has 42 heavy (non-hydrogen) atoms. The van der Waals surface area contributed by atoms with Gasteiger partial charge in [-0.05, 0) is 76.6 Å². The van der Waals surface area contributed by atoms with Crippen molar-refractivity contribution in [1.82, 2.24) is 10.2 Å². The summed E-state index contributed by atoms with van der Waals surface area (Å²) < 4.78 is 5.54. The van der Waals surface area contributed by atoms with Crippen LogP contribution in [0, 0.1) is 13.8 Å². The molecule has 7 nitrogen and oxygen atoms in total. The minimum absolute atomic E-state index is 0.167. The van der Waals surface area contributed by atoms with Gasteiger partial charge in [-0.15, -0.1) is 0 Å². The van der Waals surface area contributed by atoms with E-state index in [9.17, 15) is 14.4 Å². The lowest BCUT2D eigenvalue weighted by Gasteiger charge is -2.43. The molecule has 3 aromatic carbocycles. The molecule has 3 amide bonds. The second-order valence-corrected chi connectivity index (χ2v) is 12.4. The molecule has 0 bridgehead atoms. The van der Waals surface area contributed by atoms with Crippen molar-refractivity contribution in [3.63, 3.8) is 0 Å². The Balaban J connectivity index is 1.76. The highest BCUT2D eigenvalue weighted by atomic mass is 35.5. The highest BCUT2D eigenvalue weighted by Crippen LogP contribution is 2.36. The van der Waals surface area contributed by atoms with Crippen LogP contribution in [0.25, 0.3) is 0 Å². The minimum atomic E-state index is -0.954. The molecule has 2 atom stereocenters. The molecule has 2 N–H and O–H groups in total. The van der Waals surface area contributed by atoms with Crippen molar-refractivity contribution >= 4 is 35.2 Å². The second kappa shape index (κ2) is 13.4. The van der Waals surface area contributed by atoms with Crippen LogP contribution in [0.5, 0.6) is 0 Å². The Hall–Kier alpha value is -3.84. The molecule has 1 saturated carbocycles. The number of hydrogen-bond acceptors (Lipinski definition) is 4. The number of halogens is 1. The predicted octanol–water partition coefficient (Wildman–Crippen LogP) is 7.15. The molecule has 1 aliphatic carbocycles. The SMILES string of the molecule is Cc1cccc(C(C(=O)Nc2c(C)cccc2Cl)N(C(=O)C(Cc2ccccc2)NC(=O)OC(C)(C)C)C2CCC2)c1. The van der Waals surface area contributed by atoms with Crippen LogP contribution < -0.4 is 10.6 Å². The van der Waals surface area contributed by atoms with Crippen LogP contribution in [0.3, 0.4) is 0 Å². The topological polar surface area (TPSA) is 87.7 Å². The van der Waals surface area contributed by atoms with Gasteiger partial charge in [-0.1, -0.05) is 83.9 Å². The molecule has 0 aliphatic heterocycles. The highest BCUT2D eigenvalue weighted by Gasteiger charge is 2.42. The van der Waals surface area contributed by atoms with Crippen LogP contribution in [0.15, 0.2) is 72.8 Å². The summed E-state index contributed by atoms with van der Waals surface area (Å²) in [5, 5.41) is 6.26. The number of rotatable bonds is 9. The van der Waals surface area contributed by atoms with E-state index < -0.39 is 23.8 Å². The van der Waals surface area contributed by atoms with Crippen molar-refractivity contribution in [1.29, 1.82) is 0 Å². The Bertz CT molecular complexity index is 1400. The lowest BCUT2D eigenvalue weighted by Crippen LogP contribution is -2.57. The van der Waals surface area contributed by atoms with Gasteiger partial charge in [0.15, 0.2) is 0 Å². The largest absolute Gasteiger partial charge is 0.444 e. The molecule has 0 saturated heterocycles. The maximum Gasteiger partial charge on any atom is 0.408 e. The Kier molecular flexibility index (Phi) is 9.94. The molecule has 0 aromatic heterocycles. The zero-order chi connectivity index (χ0) is 30.4. The fraction of sp³-hybridized carbons (Fsp3) is 0.382. The van der Waals surface area contributed by atoms with Gasteiger partial charge in [-0.25, -0.2) is 4.79 Å². The average molecular weight is 590 g/mol. The number of alkyl carbamates (subject to hydrolysis) is 1. The molecular formula is C34H40ClN3O4. The maximum atomic E-state index is 14.6. The van der Waals surface area contributed by atoms with Gasteiger partial charge in [0.1, 0.15) is 17.7 Å². The summed E-state index contributed by atoms with van der Waals surface area (Å²) in [6, 6.07) is 20.5. The van der Waals surface area contributed by atoms with Crippen molar-refractivity contribution in [3.8, 4) is 0 Å². The van der Waals surface area contributed by atoms with Gasteiger partial charge >= 0.3 is 6.09 Å². The van der Waals surface area contributed by atoms with E-state index in [-0.39, 0.29) is 24.3 Å². The van der Waals surface area contributed by atoms with Crippen molar-refractivity contribution in [3.05, 3.63) is 100 Å². The van der Waals surface area contributed by atoms with E-state index in [4.69, 9.17) is 16.3 Å². The number of carbonyl (C=O) groups is 3. The number of ether oxygens (including phenoxy) is 1. The number of amides is 3. The molecule has 1 aliphatic rings. The van der Waals surface area contributed by atoms with E-state index in [0.29, 0.717) is 16.3 Å². The number of nitrogens with one attached hydrogen (secondary N) is 2. The number of aryl methyl sites for hydroxylation is 2. The van der Waals surface area contributed by atoms with Crippen LogP contribution in [0.2, 0.25) is 5.02 Å². The molecular weight excluding hydrogens is 550 g/mol. The highest BCUT2D eigenvalue weighted by molar-refractivity contribution is 6.34. The first-order valence-corrected chi connectivity index (χ1v) is 14.8. The van der Waals surface area contributed by atoms with E-state index in [2.05, 4.69) is 10.6 Å². The summed E-state index contributed by atoms with van der Waals surface area (Å²) in [6.07, 6.45) is 2.03. The van der Waals surface area contributed by atoms with Crippen molar-refractivity contribution in [2.75, 3.05) is 5.32 Å². The minimum Gasteiger partial charge on any atom is -0.444 e. The first-order chi connectivity index (χ1) is 19.9. The smallest absolute Gasteiger partial charge is 0.408 e. The normalized spacial score (nSPS) is 14.7. The number of nitrogens with zero attached hydrogens (tertiary/aromatic N) is 1. The quantitative estimate of drug-likeness (QED) is 0.277. The summed E-state index contributed by atoms with van der Waals surface area (Å²) in [7, 11) is 0. The first-order valence-electron chi connectivity index (χ1n) is 14.4. The number of para-hydroxylation sites is 1. The molecule has 0 radical (unpaired) electrons. The van der Waals surface area contributed by atoms with Crippen LogP contribution in [0.1, 0.15) is 68.3 Å². The summed E-state index contributed by atoms with van der Waals surface area (Å²) >= 11 is 6.49. The standard InChI is InChI=1S/C34H40ClN3O4/c1-22-12-9-16-25(20-22)30(31(39)37-29-23(2)13-10-19-27(29)35)38(26-17-11-18-26)32(40)28(21-24-14-7-6-8-15-24)36-33(41)42-34(3,4)5/h6-10,12-16,19-20,26,28,30H,11,17-18,21H2,1-5H3,(H,36,41)(H,37,39). The summed E-state index contributed by atoms with van der Waals surface area (Å²) in [4.78, 5) is 43.5. The Morgan fingerprint density at radius 2 is 1.67 bits per heavy atom. The second-order valence-electron chi connectivity index (χ2n) is 12.0. The van der Waals surface area contributed by atoms with Crippen molar-refractivity contribution in [2.24, 2.45) is 0 Å². The molecule has 1 fully saturated rings. The van der Waals surface area contributed by atoms with Gasteiger partial charge < -0.3 is 20.3 Å². The predicted molar refractivity (Wildman–Crippen MR) is 167 cm³/mol. The monoisotopic (exact) mass is 589 g/mol. The van der Waals surface area contributed by atoms with E-state index >= 15 is 0 Å². The molecule has 8 heteroatoms. The number of benzene rings is 3. The van der Waals surface area contributed by atoms with E-state index in [1.54, 1.807) is 31.7 Å². The summed E-state index contributed by atoms with van der Waals surface area (Å²) in [5.41, 5.74) is 3.11. The van der Waals surface area contributed by atoms with E-state index in [1.807, 2.05) is 80.6 Å². The third kappa shape index (κ3) is 7.91. The number of carbonyl (C=O) groups excluding carboxylic acids is 3. The molecule has 0 heterocycles. The summed E-state index contributed by atoms with van der Waals surface area (Å²) in [5.74, 6) is -0.709. The molecule has 0 spiro atoms. The van der Waals surface area contributed by atoms with E-state index in [1.165, 1.54) is 0 Å². The Morgan fingerprint density at radius 3 is 2.26 bits per heavy atom. The average Bonchev–Trinajstić information content (AvgIpc) is 2.88. The fourth-order valence-corrected chi connectivity index (χ4v) is 5.39. The molecule has 4 rings (SSSR count). The number of anilines is 1. The molecule has 222 valence electrons. The molecule has 2 unspecified atom stereocenters. The van der Waals surface area contributed by atoms with Crippen molar-refractivity contribution in [2.45, 2.75) is 84.0 Å². The van der Waals surface area contributed by atoms with Gasteiger partial charge in [-0.2, -0.15) is 0 Å². The van der Waals surface area contributed by atoms with Gasteiger partial charge in [0, 0.05) is 12.5 Å². The van der Waals surface area contributed by atoms with E-state index in [0.717, 1.165) is 36.0 Å². The maximum absolute atomic E-state index is 14.6. The van der Waals surface area contributed by atoms with Crippen LogP contribution >= 0.6 is 11.6 Å². The third-order valence-electron chi connectivity index (χ3n) is 7.35. The van der Waals surface area contributed by atoms with Gasteiger partial charge in [-0.3, -0.25) is 9.59 Å². The van der Waals surface area contributed by atoms with Crippen LogP contribution in [-0.2, 0) is 20.7 Å². The Labute approximate surface area is 253 Å². The van der Waals surface area contributed by atoms with Crippen molar-refractivity contribution < 1.29 is 19.1 Å². The van der Waals surface area contributed by atoms with Gasteiger partial charge in [0.2, 0.25) is 5.91 Å². The van der Waals surface area contributed by atoms with Gasteiger partial charge in [0.05, 0.1) is 10.7 Å². The lowest BCUT2D eigenvalue weighted by atomic mass is 9.87. The molecule has 3 aromatic rings.